The summed E-state index contributed by atoms with van der Waals surface area (Å²) in [6.07, 6.45) is 1.72. The fraction of sp³-hybridized carbons (Fsp3) is 0.0952. The number of carbonyl (C=O) groups is 1. The minimum absolute atomic E-state index is 0.0729. The topological polar surface area (TPSA) is 55.3 Å². The maximum Gasteiger partial charge on any atom is 0.267 e. The number of fused-ring (bicyclic) bond motifs is 1. The molecule has 0 unspecified atom stereocenters. The van der Waals surface area contributed by atoms with E-state index in [0.717, 1.165) is 20.4 Å². The lowest BCUT2D eigenvalue weighted by molar-refractivity contribution is -0.120. The quantitative estimate of drug-likeness (QED) is 0.409. The molecular formula is C21H16BrN3O2S. The summed E-state index contributed by atoms with van der Waals surface area (Å²) in [6, 6.07) is 20.8. The number of thiazole rings is 1. The lowest BCUT2D eigenvalue weighted by atomic mass is 10.3. The summed E-state index contributed by atoms with van der Waals surface area (Å²) in [7, 11) is 0. The number of rotatable bonds is 6. The second-order valence-electron chi connectivity index (χ2n) is 6.01. The summed E-state index contributed by atoms with van der Waals surface area (Å²) < 4.78 is 7.64. The average Bonchev–Trinajstić information content (AvgIpc) is 3.14. The Morgan fingerprint density at radius 2 is 1.89 bits per heavy atom. The standard InChI is InChI=1S/C21H16BrN3O2S/c22-15-9-10-18-19(12-15)28-21(24-18)25(13-16-6-4-5-11-23-16)20(26)14-27-17-7-2-1-3-8-17/h1-12H,13-14H2. The van der Waals surface area contributed by atoms with Gasteiger partial charge in [0.1, 0.15) is 5.75 Å². The second-order valence-corrected chi connectivity index (χ2v) is 7.94. The van der Waals surface area contributed by atoms with Crippen LogP contribution >= 0.6 is 27.3 Å². The van der Waals surface area contributed by atoms with E-state index in [0.29, 0.717) is 17.4 Å². The number of anilines is 1. The van der Waals surface area contributed by atoms with Crippen molar-refractivity contribution in [2.24, 2.45) is 0 Å². The van der Waals surface area contributed by atoms with Crippen molar-refractivity contribution in [3.8, 4) is 5.75 Å². The van der Waals surface area contributed by atoms with Crippen LogP contribution in [0.1, 0.15) is 5.69 Å². The highest BCUT2D eigenvalue weighted by molar-refractivity contribution is 9.10. The highest BCUT2D eigenvalue weighted by Crippen LogP contribution is 2.31. The molecule has 0 atom stereocenters. The van der Waals surface area contributed by atoms with Crippen LogP contribution in [0.3, 0.4) is 0 Å². The predicted molar refractivity (Wildman–Crippen MR) is 115 cm³/mol. The number of halogens is 1. The van der Waals surface area contributed by atoms with Gasteiger partial charge in [0.25, 0.3) is 5.91 Å². The van der Waals surface area contributed by atoms with E-state index in [4.69, 9.17) is 4.74 Å². The largest absolute Gasteiger partial charge is 0.484 e. The number of nitrogens with zero attached hydrogens (tertiary/aromatic N) is 3. The summed E-state index contributed by atoms with van der Waals surface area (Å²) in [4.78, 5) is 23.6. The van der Waals surface area contributed by atoms with Crippen molar-refractivity contribution in [3.63, 3.8) is 0 Å². The van der Waals surface area contributed by atoms with Crippen LogP contribution in [-0.4, -0.2) is 22.5 Å². The monoisotopic (exact) mass is 453 g/mol. The Morgan fingerprint density at radius 3 is 2.68 bits per heavy atom. The smallest absolute Gasteiger partial charge is 0.267 e. The number of carbonyl (C=O) groups excluding carboxylic acids is 1. The van der Waals surface area contributed by atoms with Crippen LogP contribution in [0.2, 0.25) is 0 Å². The first-order valence-corrected chi connectivity index (χ1v) is 10.2. The molecule has 4 aromatic rings. The van der Waals surface area contributed by atoms with Crippen LogP contribution in [0.5, 0.6) is 5.75 Å². The van der Waals surface area contributed by atoms with E-state index >= 15 is 0 Å². The molecule has 4 rings (SSSR count). The fourth-order valence-electron chi connectivity index (χ4n) is 2.66. The first kappa shape index (κ1) is 18.6. The van der Waals surface area contributed by atoms with Crippen LogP contribution in [0.15, 0.2) is 77.4 Å². The molecule has 7 heteroatoms. The van der Waals surface area contributed by atoms with Crippen molar-refractivity contribution < 1.29 is 9.53 Å². The summed E-state index contributed by atoms with van der Waals surface area (Å²) in [6.45, 7) is 0.259. The molecular weight excluding hydrogens is 438 g/mol. The molecule has 5 nitrogen and oxygen atoms in total. The van der Waals surface area contributed by atoms with Gasteiger partial charge >= 0.3 is 0 Å². The maximum atomic E-state index is 13.0. The predicted octanol–water partition coefficient (Wildman–Crippen LogP) is 5.07. The Kier molecular flexibility index (Phi) is 5.64. The van der Waals surface area contributed by atoms with E-state index in [1.807, 2.05) is 66.7 Å². The second kappa shape index (κ2) is 8.50. The summed E-state index contributed by atoms with van der Waals surface area (Å²) in [5.41, 5.74) is 1.64. The highest BCUT2D eigenvalue weighted by Gasteiger charge is 2.21. The molecule has 0 spiro atoms. The van der Waals surface area contributed by atoms with Gasteiger partial charge in [-0.1, -0.05) is 51.5 Å². The lowest BCUT2D eigenvalue weighted by Crippen LogP contribution is -2.34. The normalized spacial score (nSPS) is 10.8. The number of hydrogen-bond acceptors (Lipinski definition) is 5. The Balaban J connectivity index is 1.61. The van der Waals surface area contributed by atoms with Gasteiger partial charge in [0.05, 0.1) is 22.5 Å². The molecule has 28 heavy (non-hydrogen) atoms. The Morgan fingerprint density at radius 1 is 1.07 bits per heavy atom. The van der Waals surface area contributed by atoms with Crippen LogP contribution in [-0.2, 0) is 11.3 Å². The van der Waals surface area contributed by atoms with Crippen molar-refractivity contribution in [3.05, 3.63) is 83.1 Å². The number of ether oxygens (including phenoxy) is 1. The lowest BCUT2D eigenvalue weighted by Gasteiger charge is -2.19. The fourth-order valence-corrected chi connectivity index (χ4v) is 4.19. The summed E-state index contributed by atoms with van der Waals surface area (Å²) in [5.74, 6) is 0.481. The first-order chi connectivity index (χ1) is 13.7. The minimum atomic E-state index is -0.173. The van der Waals surface area contributed by atoms with Crippen molar-refractivity contribution in [2.45, 2.75) is 6.54 Å². The number of para-hydroxylation sites is 1. The molecule has 140 valence electrons. The van der Waals surface area contributed by atoms with Crippen LogP contribution in [0.25, 0.3) is 10.2 Å². The number of amides is 1. The number of hydrogen-bond donors (Lipinski definition) is 0. The molecule has 0 N–H and O–H groups in total. The number of aromatic nitrogens is 2. The molecule has 0 fully saturated rings. The number of benzene rings is 2. The van der Waals surface area contributed by atoms with Crippen LogP contribution in [0.4, 0.5) is 5.13 Å². The molecule has 0 radical (unpaired) electrons. The average molecular weight is 454 g/mol. The maximum absolute atomic E-state index is 13.0. The van der Waals surface area contributed by atoms with Crippen LogP contribution in [0, 0.1) is 0 Å². The van der Waals surface area contributed by atoms with E-state index in [-0.39, 0.29) is 12.5 Å². The molecule has 2 aromatic carbocycles. The zero-order valence-corrected chi connectivity index (χ0v) is 17.2. The Bertz CT molecular complexity index is 1090. The van der Waals surface area contributed by atoms with Gasteiger partial charge in [-0.25, -0.2) is 4.98 Å². The van der Waals surface area contributed by atoms with Gasteiger partial charge in [0, 0.05) is 10.7 Å². The van der Waals surface area contributed by atoms with Crippen molar-refractivity contribution in [2.75, 3.05) is 11.5 Å². The SMILES string of the molecule is O=C(COc1ccccc1)N(Cc1ccccn1)c1nc2ccc(Br)cc2s1. The third kappa shape index (κ3) is 4.37. The van der Waals surface area contributed by atoms with Crippen LogP contribution < -0.4 is 9.64 Å². The molecule has 0 bridgehead atoms. The molecule has 0 aliphatic carbocycles. The third-order valence-corrected chi connectivity index (χ3v) is 5.56. The van der Waals surface area contributed by atoms with Gasteiger partial charge in [-0.2, -0.15) is 0 Å². The Hall–Kier alpha value is -2.77. The van der Waals surface area contributed by atoms with E-state index in [9.17, 15) is 4.79 Å². The molecule has 0 aliphatic rings. The zero-order chi connectivity index (χ0) is 19.3. The van der Waals surface area contributed by atoms with E-state index in [2.05, 4.69) is 25.9 Å². The Labute approximate surface area is 174 Å². The first-order valence-electron chi connectivity index (χ1n) is 8.63. The molecule has 0 aliphatic heterocycles. The van der Waals surface area contributed by atoms with E-state index < -0.39 is 0 Å². The van der Waals surface area contributed by atoms with Crippen molar-refractivity contribution in [1.29, 1.82) is 0 Å². The van der Waals surface area contributed by atoms with E-state index in [1.54, 1.807) is 11.1 Å². The number of pyridine rings is 1. The summed E-state index contributed by atoms with van der Waals surface area (Å²) in [5, 5.41) is 0.625. The molecule has 2 aromatic heterocycles. The van der Waals surface area contributed by atoms with Gasteiger partial charge in [0.15, 0.2) is 11.7 Å². The minimum Gasteiger partial charge on any atom is -0.484 e. The zero-order valence-electron chi connectivity index (χ0n) is 14.8. The van der Waals surface area contributed by atoms with Crippen molar-refractivity contribution in [1.82, 2.24) is 9.97 Å². The molecule has 0 saturated heterocycles. The van der Waals surface area contributed by atoms with E-state index in [1.165, 1.54) is 11.3 Å². The van der Waals surface area contributed by atoms with Gasteiger partial charge in [0.2, 0.25) is 0 Å². The summed E-state index contributed by atoms with van der Waals surface area (Å²) >= 11 is 4.95. The van der Waals surface area contributed by atoms with Gasteiger partial charge in [-0.05, 0) is 42.5 Å². The van der Waals surface area contributed by atoms with Gasteiger partial charge in [-0.3, -0.25) is 14.7 Å². The van der Waals surface area contributed by atoms with Gasteiger partial charge in [-0.15, -0.1) is 0 Å². The molecule has 1 amide bonds. The molecule has 0 saturated carbocycles. The van der Waals surface area contributed by atoms with Crippen molar-refractivity contribution >= 4 is 48.5 Å². The van der Waals surface area contributed by atoms with Gasteiger partial charge < -0.3 is 4.74 Å². The highest BCUT2D eigenvalue weighted by atomic mass is 79.9. The molecule has 2 heterocycles. The third-order valence-electron chi connectivity index (χ3n) is 4.02.